The van der Waals surface area contributed by atoms with Crippen LogP contribution in [-0.4, -0.2) is 26.0 Å². The van der Waals surface area contributed by atoms with E-state index in [2.05, 4.69) is 10.6 Å². The molecule has 1 fully saturated rings. The number of carbonyl (C=O) groups excluding carboxylic acids is 2. The van der Waals surface area contributed by atoms with Gasteiger partial charge in [-0.2, -0.15) is 0 Å². The summed E-state index contributed by atoms with van der Waals surface area (Å²) in [5, 5.41) is 5.81. The smallest absolute Gasteiger partial charge is 0.228 e. The Morgan fingerprint density at radius 2 is 1.56 bits per heavy atom. The summed E-state index contributed by atoms with van der Waals surface area (Å²) < 4.78 is 10.4. The van der Waals surface area contributed by atoms with Crippen molar-refractivity contribution in [3.05, 3.63) is 47.5 Å². The topological polar surface area (TPSA) is 76.7 Å². The Bertz CT molecular complexity index is 858. The molecular formula is C21H24N2O4. The maximum Gasteiger partial charge on any atom is 0.228 e. The van der Waals surface area contributed by atoms with Crippen molar-refractivity contribution < 1.29 is 19.1 Å². The van der Waals surface area contributed by atoms with Gasteiger partial charge in [-0.25, -0.2) is 0 Å². The van der Waals surface area contributed by atoms with Crippen molar-refractivity contribution in [1.29, 1.82) is 0 Å². The molecule has 27 heavy (non-hydrogen) atoms. The van der Waals surface area contributed by atoms with Crippen molar-refractivity contribution in [2.75, 3.05) is 24.9 Å². The highest BCUT2D eigenvalue weighted by Gasteiger charge is 2.48. The van der Waals surface area contributed by atoms with Crippen molar-refractivity contribution in [2.45, 2.75) is 20.3 Å². The van der Waals surface area contributed by atoms with Gasteiger partial charge in [0, 0.05) is 11.8 Å². The Morgan fingerprint density at radius 3 is 2.15 bits per heavy atom. The fourth-order valence-electron chi connectivity index (χ4n) is 3.13. The molecular weight excluding hydrogens is 344 g/mol. The third-order valence-corrected chi connectivity index (χ3v) is 4.86. The Morgan fingerprint density at radius 1 is 0.926 bits per heavy atom. The summed E-state index contributed by atoms with van der Waals surface area (Å²) in [7, 11) is 3.10. The zero-order chi connectivity index (χ0) is 19.6. The van der Waals surface area contributed by atoms with Gasteiger partial charge in [0.25, 0.3) is 0 Å². The number of aryl methyl sites for hydroxylation is 2. The van der Waals surface area contributed by atoms with Crippen LogP contribution in [0, 0.1) is 25.7 Å². The van der Waals surface area contributed by atoms with Gasteiger partial charge in [0.05, 0.1) is 31.7 Å². The number of anilines is 2. The second-order valence-electron chi connectivity index (χ2n) is 6.76. The Labute approximate surface area is 158 Å². The minimum Gasteiger partial charge on any atom is -0.497 e. The second kappa shape index (κ2) is 7.70. The summed E-state index contributed by atoms with van der Waals surface area (Å²) in [4.78, 5) is 25.0. The molecule has 6 heteroatoms. The molecule has 0 aromatic heterocycles. The van der Waals surface area contributed by atoms with Crippen molar-refractivity contribution in [3.63, 3.8) is 0 Å². The predicted molar refractivity (Wildman–Crippen MR) is 104 cm³/mol. The SMILES string of the molecule is COc1ccc(NC(=O)C2CC2C(=O)Nc2c(C)cccc2C)c(OC)c1. The van der Waals surface area contributed by atoms with Crippen molar-refractivity contribution in [1.82, 2.24) is 0 Å². The molecule has 1 aliphatic rings. The van der Waals surface area contributed by atoms with Crippen LogP contribution < -0.4 is 20.1 Å². The molecule has 0 saturated heterocycles. The highest BCUT2D eigenvalue weighted by Crippen LogP contribution is 2.41. The van der Waals surface area contributed by atoms with Crippen LogP contribution in [-0.2, 0) is 9.59 Å². The summed E-state index contributed by atoms with van der Waals surface area (Å²) in [5.41, 5.74) is 3.40. The van der Waals surface area contributed by atoms with E-state index in [0.29, 0.717) is 23.6 Å². The van der Waals surface area contributed by atoms with E-state index in [1.54, 1.807) is 25.3 Å². The third kappa shape index (κ3) is 4.05. The number of hydrogen-bond acceptors (Lipinski definition) is 4. The number of methoxy groups -OCH3 is 2. The molecule has 2 aromatic carbocycles. The summed E-state index contributed by atoms with van der Waals surface area (Å²) in [6.45, 7) is 3.91. The van der Waals surface area contributed by atoms with E-state index in [4.69, 9.17) is 9.47 Å². The Kier molecular flexibility index (Phi) is 5.35. The van der Waals surface area contributed by atoms with Gasteiger partial charge in [0.2, 0.25) is 11.8 Å². The number of amides is 2. The first kappa shape index (κ1) is 18.8. The standard InChI is InChI=1S/C21H24N2O4/c1-12-6-5-7-13(2)19(12)23-21(25)16-11-15(16)20(24)22-17-9-8-14(26-3)10-18(17)27-4/h5-10,15-16H,11H2,1-4H3,(H,22,24)(H,23,25). The molecule has 142 valence electrons. The Hall–Kier alpha value is -3.02. The summed E-state index contributed by atoms with van der Waals surface area (Å²) in [5.74, 6) is 0.214. The normalized spacial score (nSPS) is 17.8. The molecule has 2 unspecified atom stereocenters. The van der Waals surface area contributed by atoms with Crippen LogP contribution in [0.2, 0.25) is 0 Å². The van der Waals surface area contributed by atoms with E-state index in [1.807, 2.05) is 32.0 Å². The van der Waals surface area contributed by atoms with Crippen molar-refractivity contribution in [2.24, 2.45) is 11.8 Å². The molecule has 1 saturated carbocycles. The van der Waals surface area contributed by atoms with E-state index >= 15 is 0 Å². The van der Waals surface area contributed by atoms with Crippen molar-refractivity contribution in [3.8, 4) is 11.5 Å². The number of rotatable bonds is 6. The maximum atomic E-state index is 12.5. The van der Waals surface area contributed by atoms with Gasteiger partial charge >= 0.3 is 0 Å². The summed E-state index contributed by atoms with van der Waals surface area (Å²) in [6.07, 6.45) is 0.543. The van der Waals surface area contributed by atoms with Gasteiger partial charge < -0.3 is 20.1 Å². The molecule has 0 spiro atoms. The molecule has 6 nitrogen and oxygen atoms in total. The fourth-order valence-corrected chi connectivity index (χ4v) is 3.13. The minimum atomic E-state index is -0.332. The van der Waals surface area contributed by atoms with E-state index in [0.717, 1.165) is 16.8 Å². The molecule has 0 aliphatic heterocycles. The van der Waals surface area contributed by atoms with E-state index in [-0.39, 0.29) is 23.7 Å². The zero-order valence-corrected chi connectivity index (χ0v) is 16.0. The zero-order valence-electron chi connectivity index (χ0n) is 16.0. The highest BCUT2D eigenvalue weighted by molar-refractivity contribution is 6.04. The lowest BCUT2D eigenvalue weighted by atomic mass is 10.1. The summed E-state index contributed by atoms with van der Waals surface area (Å²) in [6, 6.07) is 11.0. The maximum absolute atomic E-state index is 12.5. The number of hydrogen-bond donors (Lipinski definition) is 2. The van der Waals surface area contributed by atoms with Gasteiger partial charge in [-0.1, -0.05) is 18.2 Å². The third-order valence-electron chi connectivity index (χ3n) is 4.86. The van der Waals surface area contributed by atoms with Gasteiger partial charge in [0.1, 0.15) is 11.5 Å². The van der Waals surface area contributed by atoms with Crippen LogP contribution in [0.5, 0.6) is 11.5 Å². The van der Waals surface area contributed by atoms with E-state index in [1.165, 1.54) is 7.11 Å². The highest BCUT2D eigenvalue weighted by atomic mass is 16.5. The second-order valence-corrected chi connectivity index (χ2v) is 6.76. The van der Waals surface area contributed by atoms with Crippen LogP contribution in [0.1, 0.15) is 17.5 Å². The van der Waals surface area contributed by atoms with Gasteiger partial charge in [-0.15, -0.1) is 0 Å². The molecule has 2 aromatic rings. The van der Waals surface area contributed by atoms with Crippen molar-refractivity contribution >= 4 is 23.2 Å². The van der Waals surface area contributed by atoms with Gasteiger partial charge in [0.15, 0.2) is 0 Å². The lowest BCUT2D eigenvalue weighted by molar-refractivity contribution is -0.122. The number of carbonyl (C=O) groups is 2. The minimum absolute atomic E-state index is 0.116. The van der Waals surface area contributed by atoms with E-state index < -0.39 is 0 Å². The quantitative estimate of drug-likeness (QED) is 0.818. The predicted octanol–water partition coefficient (Wildman–Crippen LogP) is 3.53. The average molecular weight is 368 g/mol. The molecule has 0 heterocycles. The largest absolute Gasteiger partial charge is 0.497 e. The average Bonchev–Trinajstić information content (AvgIpc) is 3.46. The van der Waals surface area contributed by atoms with E-state index in [9.17, 15) is 9.59 Å². The van der Waals surface area contributed by atoms with Crippen LogP contribution in [0.3, 0.4) is 0 Å². The molecule has 0 bridgehead atoms. The molecule has 0 radical (unpaired) electrons. The number of para-hydroxylation sites is 1. The lowest BCUT2D eigenvalue weighted by Crippen LogP contribution is -2.21. The molecule has 2 atom stereocenters. The monoisotopic (exact) mass is 368 g/mol. The first-order chi connectivity index (χ1) is 12.9. The first-order valence-electron chi connectivity index (χ1n) is 8.84. The summed E-state index contributed by atoms with van der Waals surface area (Å²) >= 11 is 0. The van der Waals surface area contributed by atoms with Crippen LogP contribution >= 0.6 is 0 Å². The molecule has 1 aliphatic carbocycles. The number of benzene rings is 2. The lowest BCUT2D eigenvalue weighted by Gasteiger charge is -2.12. The van der Waals surface area contributed by atoms with Gasteiger partial charge in [-0.3, -0.25) is 9.59 Å². The van der Waals surface area contributed by atoms with Crippen LogP contribution in [0.15, 0.2) is 36.4 Å². The Balaban J connectivity index is 1.63. The molecule has 2 N–H and O–H groups in total. The molecule has 3 rings (SSSR count). The van der Waals surface area contributed by atoms with Gasteiger partial charge in [-0.05, 0) is 43.5 Å². The first-order valence-corrected chi connectivity index (χ1v) is 8.84. The molecule has 2 amide bonds. The fraction of sp³-hybridized carbons (Fsp3) is 0.333. The number of ether oxygens (including phenoxy) is 2. The van der Waals surface area contributed by atoms with Crippen LogP contribution in [0.4, 0.5) is 11.4 Å². The number of nitrogens with one attached hydrogen (secondary N) is 2. The van der Waals surface area contributed by atoms with Crippen LogP contribution in [0.25, 0.3) is 0 Å².